The van der Waals surface area contributed by atoms with Crippen molar-refractivity contribution in [1.82, 2.24) is 0 Å². The maximum atomic E-state index is 10.5. The van der Waals surface area contributed by atoms with Crippen LogP contribution in [-0.4, -0.2) is 26.2 Å². The summed E-state index contributed by atoms with van der Waals surface area (Å²) in [6.07, 6.45) is 1.42. The van der Waals surface area contributed by atoms with Crippen molar-refractivity contribution in [2.45, 2.75) is 25.7 Å². The summed E-state index contributed by atoms with van der Waals surface area (Å²) in [6, 6.07) is 12.1. The molecule has 2 aromatic rings. The predicted octanol–water partition coefficient (Wildman–Crippen LogP) is 4.20. The fraction of sp³-hybridized carbons (Fsp3) is 0.263. The molecule has 0 aliphatic carbocycles. The molecule has 0 aliphatic rings. The molecule has 2 aromatic carbocycles. The van der Waals surface area contributed by atoms with Crippen molar-refractivity contribution in [3.05, 3.63) is 72.0 Å². The molecule has 0 fully saturated rings. The fourth-order valence-corrected chi connectivity index (χ4v) is 2.49. The molecule has 0 atom stereocenters. The zero-order chi connectivity index (χ0) is 18.9. The highest BCUT2D eigenvalue weighted by atomic mass is 32.2. The third-order valence-electron chi connectivity index (χ3n) is 3.29. The summed E-state index contributed by atoms with van der Waals surface area (Å²) < 4.78 is 40.1. The van der Waals surface area contributed by atoms with Crippen LogP contribution in [-0.2, 0) is 14.9 Å². The molecule has 26 heavy (non-hydrogen) atoms. The minimum absolute atomic E-state index is 0. The van der Waals surface area contributed by atoms with Gasteiger partial charge in [-0.05, 0) is 44.0 Å². The van der Waals surface area contributed by atoms with E-state index in [1.54, 1.807) is 12.1 Å². The van der Waals surface area contributed by atoms with Crippen molar-refractivity contribution in [1.29, 1.82) is 0 Å². The average Bonchev–Trinajstić information content (AvgIpc) is 2.54. The Morgan fingerprint density at radius 1 is 1.00 bits per heavy atom. The summed E-state index contributed by atoms with van der Waals surface area (Å²) in [6.45, 7) is 10.5. The van der Waals surface area contributed by atoms with E-state index >= 15 is 0 Å². The van der Waals surface area contributed by atoms with Gasteiger partial charge < -0.3 is 9.47 Å². The number of rotatable bonds is 6. The first-order chi connectivity index (χ1) is 11.8. The highest BCUT2D eigenvalue weighted by molar-refractivity contribution is 7.85. The molecule has 0 bridgehead atoms. The van der Waals surface area contributed by atoms with Crippen LogP contribution in [0.4, 0.5) is 0 Å². The lowest BCUT2D eigenvalue weighted by Gasteiger charge is -2.11. The minimum atomic E-state index is -4.02. The maximum Gasteiger partial charge on any atom is 0.294 e. The smallest absolute Gasteiger partial charge is 0.294 e. The zero-order valence-electron chi connectivity index (χ0n) is 15.2. The lowest BCUT2D eigenvalue weighted by Crippen LogP contribution is -2.05. The Morgan fingerprint density at radius 2 is 1.54 bits per heavy atom. The first-order valence-electron chi connectivity index (χ1n) is 7.71. The van der Waals surface area contributed by atoms with Crippen LogP contribution < -0.4 is 4.74 Å². The van der Waals surface area contributed by atoms with Gasteiger partial charge in [0, 0.05) is 0 Å². The molecule has 0 aromatic heterocycles. The molecule has 7 heteroatoms. The monoisotopic (exact) mass is 398 g/mol. The van der Waals surface area contributed by atoms with E-state index < -0.39 is 10.1 Å². The largest absolute Gasteiger partial charge is 0.498 e. The van der Waals surface area contributed by atoms with Crippen molar-refractivity contribution in [3.8, 4) is 5.75 Å². The zero-order valence-corrected chi connectivity index (χ0v) is 17.0. The molecular weight excluding hydrogens is 372 g/mol. The van der Waals surface area contributed by atoms with Crippen LogP contribution in [0, 0.1) is 20.8 Å². The van der Waals surface area contributed by atoms with Gasteiger partial charge in [0.1, 0.15) is 19.0 Å². The Hall–Kier alpha value is -1.96. The second-order valence-electron chi connectivity index (χ2n) is 5.39. The van der Waals surface area contributed by atoms with Gasteiger partial charge in [0.05, 0.1) is 11.2 Å². The predicted molar refractivity (Wildman–Crippen MR) is 109 cm³/mol. The third kappa shape index (κ3) is 8.42. The Bertz CT molecular complexity index is 764. The van der Waals surface area contributed by atoms with Gasteiger partial charge in [-0.2, -0.15) is 21.9 Å². The Kier molecular flexibility index (Phi) is 10.7. The van der Waals surface area contributed by atoms with E-state index in [4.69, 9.17) is 14.0 Å². The molecule has 0 radical (unpaired) electrons. The van der Waals surface area contributed by atoms with Gasteiger partial charge in [0.2, 0.25) is 0 Å². The number of benzene rings is 2. The van der Waals surface area contributed by atoms with E-state index in [2.05, 4.69) is 6.58 Å². The number of hydrogen-bond acceptors (Lipinski definition) is 4. The normalized spacial score (nSPS) is 10.0. The van der Waals surface area contributed by atoms with Gasteiger partial charge >= 0.3 is 0 Å². The van der Waals surface area contributed by atoms with Crippen molar-refractivity contribution >= 4 is 23.6 Å². The summed E-state index contributed by atoms with van der Waals surface area (Å²) in [5.74, 6) is 0.958. The lowest BCUT2D eigenvalue weighted by atomic mass is 10.1. The molecule has 0 amide bonds. The first kappa shape index (κ1) is 24.0. The molecule has 0 aliphatic heterocycles. The second kappa shape index (κ2) is 11.6. The van der Waals surface area contributed by atoms with Crippen LogP contribution in [0.2, 0.25) is 0 Å². The van der Waals surface area contributed by atoms with Gasteiger partial charge in [-0.15, -0.1) is 0 Å². The van der Waals surface area contributed by atoms with Crippen LogP contribution in [0.3, 0.4) is 0 Å². The fourth-order valence-electron chi connectivity index (χ4n) is 2.01. The molecule has 2 rings (SSSR count). The molecule has 0 unspecified atom stereocenters. The van der Waals surface area contributed by atoms with Crippen LogP contribution >= 0.6 is 13.5 Å². The van der Waals surface area contributed by atoms with E-state index in [1.165, 1.54) is 18.4 Å². The summed E-state index contributed by atoms with van der Waals surface area (Å²) in [5.41, 5.74) is 3.27. The molecule has 5 nitrogen and oxygen atoms in total. The highest BCUT2D eigenvalue weighted by Gasteiger charge is 2.06. The summed E-state index contributed by atoms with van der Waals surface area (Å²) in [7, 11) is -4.02. The molecular formula is C19H26O5S2. The quantitative estimate of drug-likeness (QED) is 0.449. The van der Waals surface area contributed by atoms with Crippen LogP contribution in [0.25, 0.3) is 0 Å². The van der Waals surface area contributed by atoms with E-state index in [9.17, 15) is 8.42 Å². The number of ether oxygens (including phenoxy) is 2. The van der Waals surface area contributed by atoms with E-state index in [1.807, 2.05) is 39.0 Å². The van der Waals surface area contributed by atoms with Crippen molar-refractivity contribution in [2.75, 3.05) is 13.2 Å². The minimum Gasteiger partial charge on any atom is -0.498 e. The highest BCUT2D eigenvalue weighted by Crippen LogP contribution is 2.21. The second-order valence-corrected chi connectivity index (χ2v) is 6.82. The number of hydrogen-bond donors (Lipinski definition) is 1. The van der Waals surface area contributed by atoms with Crippen molar-refractivity contribution in [3.63, 3.8) is 0 Å². The van der Waals surface area contributed by atoms with Gasteiger partial charge in [0.15, 0.2) is 0 Å². The van der Waals surface area contributed by atoms with Gasteiger partial charge in [-0.3, -0.25) is 4.55 Å². The summed E-state index contributed by atoms with van der Waals surface area (Å²) in [4.78, 5) is -0.0666. The molecule has 1 N–H and O–H groups in total. The standard InChI is InChI=1S/C12H16O2.C7H8O3S.H2S/c1-4-13-8-9-14-12-10(2)6-5-7-11(12)3;1-6-2-4-7(5-3-6)11(8,9)10;/h4-7H,1,8-9H2,2-3H3;2-5H,1H3,(H,8,9,10);1H2. The van der Waals surface area contributed by atoms with Crippen molar-refractivity contribution < 1.29 is 22.4 Å². The topological polar surface area (TPSA) is 72.8 Å². The van der Waals surface area contributed by atoms with E-state index in [-0.39, 0.29) is 18.4 Å². The Labute approximate surface area is 162 Å². The van der Waals surface area contributed by atoms with E-state index in [0.717, 1.165) is 22.4 Å². The molecule has 0 heterocycles. The Balaban J connectivity index is 0.000000475. The van der Waals surface area contributed by atoms with Gasteiger partial charge in [-0.1, -0.05) is 42.5 Å². The molecule has 0 saturated carbocycles. The maximum absolute atomic E-state index is 10.5. The van der Waals surface area contributed by atoms with Crippen LogP contribution in [0.1, 0.15) is 16.7 Å². The Morgan fingerprint density at radius 3 is 2.00 bits per heavy atom. The first-order valence-corrected chi connectivity index (χ1v) is 9.15. The third-order valence-corrected chi connectivity index (χ3v) is 4.16. The summed E-state index contributed by atoms with van der Waals surface area (Å²) >= 11 is 0. The number of aryl methyl sites for hydroxylation is 3. The van der Waals surface area contributed by atoms with Crippen molar-refractivity contribution in [2.24, 2.45) is 0 Å². The lowest BCUT2D eigenvalue weighted by molar-refractivity contribution is 0.178. The average molecular weight is 399 g/mol. The SMILES string of the molecule is C=COCCOc1c(C)cccc1C.Cc1ccc(S(=O)(=O)O)cc1.S. The van der Waals surface area contributed by atoms with Crippen LogP contribution in [0.5, 0.6) is 5.75 Å². The van der Waals surface area contributed by atoms with Crippen LogP contribution in [0.15, 0.2) is 60.2 Å². The summed E-state index contributed by atoms with van der Waals surface area (Å²) in [5, 5.41) is 0. The van der Waals surface area contributed by atoms with Gasteiger partial charge in [0.25, 0.3) is 10.1 Å². The van der Waals surface area contributed by atoms with E-state index in [0.29, 0.717) is 13.2 Å². The molecule has 144 valence electrons. The van der Waals surface area contributed by atoms with Gasteiger partial charge in [-0.25, -0.2) is 0 Å². The molecule has 0 spiro atoms. The molecule has 0 saturated heterocycles. The number of para-hydroxylation sites is 1.